The zero-order valence-corrected chi connectivity index (χ0v) is 10.9. The summed E-state index contributed by atoms with van der Waals surface area (Å²) in [6.07, 6.45) is 0.828. The van der Waals surface area contributed by atoms with Gasteiger partial charge in [0.1, 0.15) is 0 Å². The first kappa shape index (κ1) is 12.5. The molecule has 0 bridgehead atoms. The van der Waals surface area contributed by atoms with Crippen LogP contribution in [-0.2, 0) is 0 Å². The second-order valence-electron chi connectivity index (χ2n) is 4.50. The summed E-state index contributed by atoms with van der Waals surface area (Å²) in [6, 6.07) is 5.37. The zero-order chi connectivity index (χ0) is 14.1. The number of ether oxygens (including phenoxy) is 2. The molecule has 0 saturated heterocycles. The van der Waals surface area contributed by atoms with E-state index in [9.17, 15) is 4.79 Å². The van der Waals surface area contributed by atoms with Gasteiger partial charge in [-0.25, -0.2) is 4.79 Å². The van der Waals surface area contributed by atoms with Crippen molar-refractivity contribution in [3.63, 3.8) is 0 Å². The molecule has 1 aliphatic heterocycles. The van der Waals surface area contributed by atoms with Crippen molar-refractivity contribution in [3.8, 4) is 22.8 Å². The average Bonchev–Trinajstić information content (AvgIpc) is 2.68. The fourth-order valence-electron chi connectivity index (χ4n) is 2.11. The molecule has 104 valence electrons. The van der Waals surface area contributed by atoms with Crippen molar-refractivity contribution in [3.05, 3.63) is 29.5 Å². The molecule has 6 heteroatoms. The van der Waals surface area contributed by atoms with E-state index >= 15 is 0 Å². The Kier molecular flexibility index (Phi) is 3.06. The number of aromatic carboxylic acids is 1. The van der Waals surface area contributed by atoms with Crippen LogP contribution in [0.2, 0.25) is 0 Å². The third kappa shape index (κ3) is 2.09. The Morgan fingerprint density at radius 2 is 2.00 bits per heavy atom. The van der Waals surface area contributed by atoms with Crippen LogP contribution < -0.4 is 9.47 Å². The van der Waals surface area contributed by atoms with Crippen molar-refractivity contribution in [2.75, 3.05) is 13.2 Å². The predicted molar refractivity (Wildman–Crippen MR) is 69.2 cm³/mol. The van der Waals surface area contributed by atoms with E-state index in [1.807, 2.05) is 0 Å². The minimum atomic E-state index is -1.10. The number of hydrogen-bond donors (Lipinski definition) is 1. The van der Waals surface area contributed by atoms with Crippen molar-refractivity contribution in [1.82, 2.24) is 5.16 Å². The Labute approximate surface area is 114 Å². The summed E-state index contributed by atoms with van der Waals surface area (Å²) in [7, 11) is 0. The van der Waals surface area contributed by atoms with Crippen molar-refractivity contribution in [2.24, 2.45) is 0 Å². The van der Waals surface area contributed by atoms with Gasteiger partial charge < -0.3 is 19.1 Å². The van der Waals surface area contributed by atoms with Gasteiger partial charge in [-0.15, -0.1) is 0 Å². The highest BCUT2D eigenvalue weighted by Crippen LogP contribution is 2.35. The Hall–Kier alpha value is -2.50. The number of hydrogen-bond acceptors (Lipinski definition) is 5. The maximum atomic E-state index is 11.0. The lowest BCUT2D eigenvalue weighted by atomic mass is 10.1. The monoisotopic (exact) mass is 275 g/mol. The van der Waals surface area contributed by atoms with Crippen molar-refractivity contribution >= 4 is 5.97 Å². The van der Waals surface area contributed by atoms with Crippen LogP contribution in [0.4, 0.5) is 0 Å². The molecular formula is C14H13NO5. The number of aromatic nitrogens is 1. The van der Waals surface area contributed by atoms with E-state index in [4.69, 9.17) is 19.1 Å². The van der Waals surface area contributed by atoms with Gasteiger partial charge in [-0.3, -0.25) is 0 Å². The van der Waals surface area contributed by atoms with E-state index in [0.717, 1.165) is 6.42 Å². The first-order chi connectivity index (χ1) is 9.66. The third-order valence-corrected chi connectivity index (χ3v) is 3.14. The van der Waals surface area contributed by atoms with Crippen LogP contribution in [0.5, 0.6) is 11.5 Å². The normalized spacial score (nSPS) is 13.8. The summed E-state index contributed by atoms with van der Waals surface area (Å²) in [4.78, 5) is 11.0. The van der Waals surface area contributed by atoms with Gasteiger partial charge in [-0.1, -0.05) is 5.16 Å². The third-order valence-electron chi connectivity index (χ3n) is 3.14. The molecule has 0 spiro atoms. The number of benzene rings is 1. The summed E-state index contributed by atoms with van der Waals surface area (Å²) in [5.74, 6) is 0.638. The molecule has 6 nitrogen and oxygen atoms in total. The SMILES string of the molecule is Cc1c(C(=O)O)noc1-c1ccc2c(c1)OCCCO2. The van der Waals surface area contributed by atoms with E-state index in [0.29, 0.717) is 41.6 Å². The molecule has 0 radical (unpaired) electrons. The number of fused-ring (bicyclic) bond motifs is 1. The van der Waals surface area contributed by atoms with E-state index in [2.05, 4.69) is 5.16 Å². The second kappa shape index (κ2) is 4.88. The van der Waals surface area contributed by atoms with Gasteiger partial charge in [0.15, 0.2) is 23.0 Å². The van der Waals surface area contributed by atoms with Crippen molar-refractivity contribution in [2.45, 2.75) is 13.3 Å². The largest absolute Gasteiger partial charge is 0.490 e. The molecule has 1 aliphatic rings. The van der Waals surface area contributed by atoms with Gasteiger partial charge in [-0.2, -0.15) is 0 Å². The fraction of sp³-hybridized carbons (Fsp3) is 0.286. The molecule has 20 heavy (non-hydrogen) atoms. The van der Waals surface area contributed by atoms with E-state index in [1.165, 1.54) is 0 Å². The molecule has 2 aromatic rings. The van der Waals surface area contributed by atoms with Crippen LogP contribution in [0.25, 0.3) is 11.3 Å². The summed E-state index contributed by atoms with van der Waals surface area (Å²) >= 11 is 0. The first-order valence-electron chi connectivity index (χ1n) is 6.26. The van der Waals surface area contributed by atoms with Crippen LogP contribution in [0.15, 0.2) is 22.7 Å². The Morgan fingerprint density at radius 3 is 2.70 bits per heavy atom. The lowest BCUT2D eigenvalue weighted by molar-refractivity contribution is 0.0685. The van der Waals surface area contributed by atoms with Gasteiger partial charge in [0.25, 0.3) is 0 Å². The Bertz CT molecular complexity index is 662. The molecule has 2 heterocycles. The smallest absolute Gasteiger partial charge is 0.358 e. The molecule has 0 amide bonds. The Balaban J connectivity index is 2.03. The molecule has 1 N–H and O–H groups in total. The number of carboxylic acids is 1. The molecular weight excluding hydrogens is 262 g/mol. The quantitative estimate of drug-likeness (QED) is 0.906. The highest BCUT2D eigenvalue weighted by Gasteiger charge is 2.20. The Morgan fingerprint density at radius 1 is 1.25 bits per heavy atom. The number of carbonyl (C=O) groups is 1. The van der Waals surface area contributed by atoms with Crippen LogP contribution in [0, 0.1) is 6.92 Å². The van der Waals surface area contributed by atoms with Gasteiger partial charge in [0.2, 0.25) is 0 Å². The maximum Gasteiger partial charge on any atom is 0.358 e. The lowest BCUT2D eigenvalue weighted by Gasteiger charge is -2.08. The predicted octanol–water partition coefficient (Wildman–Crippen LogP) is 2.51. The fourth-order valence-corrected chi connectivity index (χ4v) is 2.11. The minimum Gasteiger partial charge on any atom is -0.490 e. The molecule has 0 unspecified atom stereocenters. The van der Waals surface area contributed by atoms with Crippen molar-refractivity contribution in [1.29, 1.82) is 0 Å². The molecule has 1 aromatic carbocycles. The highest BCUT2D eigenvalue weighted by atomic mass is 16.5. The average molecular weight is 275 g/mol. The maximum absolute atomic E-state index is 11.0. The topological polar surface area (TPSA) is 81.8 Å². The van der Waals surface area contributed by atoms with Crippen LogP contribution in [0.3, 0.4) is 0 Å². The van der Waals surface area contributed by atoms with Gasteiger partial charge in [0.05, 0.1) is 13.2 Å². The van der Waals surface area contributed by atoms with E-state index in [-0.39, 0.29) is 5.69 Å². The van der Waals surface area contributed by atoms with Gasteiger partial charge >= 0.3 is 5.97 Å². The van der Waals surface area contributed by atoms with Crippen LogP contribution >= 0.6 is 0 Å². The standard InChI is InChI=1S/C14H13NO5/c1-8-12(14(16)17)15-20-13(8)9-3-4-10-11(7-9)19-6-2-5-18-10/h3-4,7H,2,5-6H2,1H3,(H,16,17). The molecule has 0 saturated carbocycles. The summed E-state index contributed by atoms with van der Waals surface area (Å²) in [6.45, 7) is 2.88. The van der Waals surface area contributed by atoms with Gasteiger partial charge in [0, 0.05) is 17.5 Å². The van der Waals surface area contributed by atoms with Crippen LogP contribution in [0.1, 0.15) is 22.5 Å². The van der Waals surface area contributed by atoms with Gasteiger partial charge in [-0.05, 0) is 25.1 Å². The second-order valence-corrected chi connectivity index (χ2v) is 4.50. The van der Waals surface area contributed by atoms with Crippen LogP contribution in [-0.4, -0.2) is 29.4 Å². The highest BCUT2D eigenvalue weighted by molar-refractivity contribution is 5.89. The summed E-state index contributed by atoms with van der Waals surface area (Å²) in [5, 5.41) is 12.6. The summed E-state index contributed by atoms with van der Waals surface area (Å²) < 4.78 is 16.3. The molecule has 0 fully saturated rings. The summed E-state index contributed by atoms with van der Waals surface area (Å²) in [5.41, 5.74) is 1.13. The number of nitrogens with zero attached hydrogens (tertiary/aromatic N) is 1. The van der Waals surface area contributed by atoms with E-state index < -0.39 is 5.97 Å². The first-order valence-corrected chi connectivity index (χ1v) is 6.26. The number of carboxylic acid groups (broad SMARTS) is 1. The van der Waals surface area contributed by atoms with E-state index in [1.54, 1.807) is 25.1 Å². The lowest BCUT2D eigenvalue weighted by Crippen LogP contribution is -1.98. The van der Waals surface area contributed by atoms with Crippen molar-refractivity contribution < 1.29 is 23.9 Å². The molecule has 3 rings (SSSR count). The minimum absolute atomic E-state index is 0.0767. The molecule has 1 aromatic heterocycles. The number of rotatable bonds is 2. The molecule has 0 aliphatic carbocycles. The zero-order valence-electron chi connectivity index (χ0n) is 10.9. The molecule has 0 atom stereocenters.